The highest BCUT2D eigenvalue weighted by atomic mass is 35.5. The topological polar surface area (TPSA) is 28.2 Å². The lowest BCUT2D eigenvalue weighted by Gasteiger charge is -2.20. The quantitative estimate of drug-likeness (QED) is 0.895. The fraction of sp³-hybridized carbons (Fsp3) is 0.615. The van der Waals surface area contributed by atoms with E-state index in [1.165, 1.54) is 19.5 Å². The highest BCUT2D eigenvalue weighted by Crippen LogP contribution is 2.19. The van der Waals surface area contributed by atoms with Crippen LogP contribution in [-0.4, -0.2) is 35.6 Å². The van der Waals surface area contributed by atoms with Gasteiger partial charge in [-0.3, -0.25) is 0 Å². The second-order valence-corrected chi connectivity index (χ2v) is 5.42. The van der Waals surface area contributed by atoms with Crippen LogP contribution in [0.2, 0.25) is 5.02 Å². The van der Waals surface area contributed by atoms with Crippen LogP contribution in [0.4, 0.5) is 5.82 Å². The second kappa shape index (κ2) is 5.69. The van der Waals surface area contributed by atoms with E-state index in [1.807, 2.05) is 12.1 Å². The lowest BCUT2D eigenvalue weighted by atomic mass is 10.1. The van der Waals surface area contributed by atoms with Crippen LogP contribution in [0.1, 0.15) is 20.3 Å². The molecule has 1 fully saturated rings. The summed E-state index contributed by atoms with van der Waals surface area (Å²) in [6.07, 6.45) is 2.96. The van der Waals surface area contributed by atoms with Crippen LogP contribution in [-0.2, 0) is 0 Å². The normalized spacial score (nSPS) is 21.1. The molecule has 0 spiro atoms. The van der Waals surface area contributed by atoms with Gasteiger partial charge in [-0.25, -0.2) is 4.98 Å². The molecule has 0 radical (unpaired) electrons. The predicted molar refractivity (Wildman–Crippen MR) is 72.6 cm³/mol. The van der Waals surface area contributed by atoms with Crippen LogP contribution in [0.5, 0.6) is 0 Å². The summed E-state index contributed by atoms with van der Waals surface area (Å²) in [7, 11) is 0. The van der Waals surface area contributed by atoms with E-state index in [-0.39, 0.29) is 0 Å². The Morgan fingerprint density at radius 3 is 2.94 bits per heavy atom. The number of halogens is 1. The van der Waals surface area contributed by atoms with Gasteiger partial charge in [0.05, 0.1) is 5.02 Å². The van der Waals surface area contributed by atoms with Gasteiger partial charge in [-0.1, -0.05) is 11.6 Å². The van der Waals surface area contributed by atoms with Gasteiger partial charge in [0, 0.05) is 25.3 Å². The van der Waals surface area contributed by atoms with Crippen molar-refractivity contribution in [3.05, 3.63) is 23.4 Å². The molecule has 1 saturated heterocycles. The standard InChI is InChI=1S/C13H20ClN3/c1-10(2)17-6-5-11(9-17)7-15-13-4-3-12(14)8-16-13/h3-4,8,10-11H,5-7,9H2,1-2H3,(H,15,16). The molecule has 3 nitrogen and oxygen atoms in total. The Bertz CT molecular complexity index is 350. The van der Waals surface area contributed by atoms with Crippen molar-refractivity contribution in [3.8, 4) is 0 Å². The summed E-state index contributed by atoms with van der Waals surface area (Å²) >= 11 is 5.80. The molecule has 0 saturated carbocycles. The molecule has 0 bridgehead atoms. The minimum absolute atomic E-state index is 0.661. The van der Waals surface area contributed by atoms with Gasteiger partial charge < -0.3 is 10.2 Å². The Morgan fingerprint density at radius 1 is 1.53 bits per heavy atom. The third-order valence-corrected chi connectivity index (χ3v) is 3.57. The van der Waals surface area contributed by atoms with Gasteiger partial charge >= 0.3 is 0 Å². The van der Waals surface area contributed by atoms with Crippen molar-refractivity contribution in [1.82, 2.24) is 9.88 Å². The lowest BCUT2D eigenvalue weighted by Crippen LogP contribution is -2.29. The van der Waals surface area contributed by atoms with E-state index < -0.39 is 0 Å². The Kier molecular flexibility index (Phi) is 4.24. The fourth-order valence-electron chi connectivity index (χ4n) is 2.23. The molecular formula is C13H20ClN3. The monoisotopic (exact) mass is 253 g/mol. The zero-order valence-corrected chi connectivity index (χ0v) is 11.2. The van der Waals surface area contributed by atoms with Crippen molar-refractivity contribution in [3.63, 3.8) is 0 Å². The number of pyridine rings is 1. The molecule has 17 heavy (non-hydrogen) atoms. The molecule has 1 aliphatic heterocycles. The van der Waals surface area contributed by atoms with Crippen LogP contribution >= 0.6 is 11.6 Å². The summed E-state index contributed by atoms with van der Waals surface area (Å²) in [6, 6.07) is 4.46. The van der Waals surface area contributed by atoms with Crippen molar-refractivity contribution in [1.29, 1.82) is 0 Å². The average Bonchev–Trinajstić information content (AvgIpc) is 2.77. The minimum atomic E-state index is 0.661. The van der Waals surface area contributed by atoms with Crippen molar-refractivity contribution in [2.75, 3.05) is 25.0 Å². The first-order valence-electron chi connectivity index (χ1n) is 6.24. The lowest BCUT2D eigenvalue weighted by molar-refractivity contribution is 0.266. The molecule has 0 aromatic carbocycles. The second-order valence-electron chi connectivity index (χ2n) is 4.99. The molecule has 4 heteroatoms. The molecule has 0 amide bonds. The molecule has 2 rings (SSSR count). The van der Waals surface area contributed by atoms with E-state index in [1.54, 1.807) is 6.20 Å². The highest BCUT2D eigenvalue weighted by Gasteiger charge is 2.23. The van der Waals surface area contributed by atoms with E-state index in [0.29, 0.717) is 11.1 Å². The maximum Gasteiger partial charge on any atom is 0.125 e. The number of anilines is 1. The van der Waals surface area contributed by atoms with Gasteiger partial charge in [0.15, 0.2) is 0 Å². The molecule has 1 aliphatic rings. The minimum Gasteiger partial charge on any atom is -0.370 e. The summed E-state index contributed by atoms with van der Waals surface area (Å²) in [5.41, 5.74) is 0. The molecule has 2 heterocycles. The summed E-state index contributed by atoms with van der Waals surface area (Å²) in [5, 5.41) is 4.06. The molecule has 1 unspecified atom stereocenters. The predicted octanol–water partition coefficient (Wildman–Crippen LogP) is 2.88. The van der Waals surface area contributed by atoms with E-state index in [2.05, 4.69) is 29.0 Å². The Balaban J connectivity index is 1.78. The van der Waals surface area contributed by atoms with Crippen LogP contribution in [0, 0.1) is 5.92 Å². The number of rotatable bonds is 4. The molecule has 1 atom stereocenters. The average molecular weight is 254 g/mol. The third-order valence-electron chi connectivity index (χ3n) is 3.35. The van der Waals surface area contributed by atoms with Crippen LogP contribution in [0.15, 0.2) is 18.3 Å². The maximum atomic E-state index is 5.80. The van der Waals surface area contributed by atoms with Gasteiger partial charge in [0.1, 0.15) is 5.82 Å². The van der Waals surface area contributed by atoms with E-state index in [4.69, 9.17) is 11.6 Å². The molecule has 0 aliphatic carbocycles. The number of likely N-dealkylation sites (tertiary alicyclic amines) is 1. The summed E-state index contributed by atoms with van der Waals surface area (Å²) in [5.74, 6) is 1.65. The fourth-order valence-corrected chi connectivity index (χ4v) is 2.34. The first kappa shape index (κ1) is 12.7. The smallest absolute Gasteiger partial charge is 0.125 e. The number of hydrogen-bond donors (Lipinski definition) is 1. The van der Waals surface area contributed by atoms with Crippen molar-refractivity contribution < 1.29 is 0 Å². The Hall–Kier alpha value is -0.800. The van der Waals surface area contributed by atoms with Crippen LogP contribution < -0.4 is 5.32 Å². The number of aromatic nitrogens is 1. The van der Waals surface area contributed by atoms with Gasteiger partial charge in [-0.15, -0.1) is 0 Å². The Labute approximate surface area is 108 Å². The summed E-state index contributed by atoms with van der Waals surface area (Å²) in [6.45, 7) is 7.93. The molecule has 1 aromatic heterocycles. The first-order valence-corrected chi connectivity index (χ1v) is 6.62. The molecular weight excluding hydrogens is 234 g/mol. The van der Waals surface area contributed by atoms with Crippen molar-refractivity contribution >= 4 is 17.4 Å². The van der Waals surface area contributed by atoms with Gasteiger partial charge in [0.2, 0.25) is 0 Å². The molecule has 94 valence electrons. The van der Waals surface area contributed by atoms with Gasteiger partial charge in [0.25, 0.3) is 0 Å². The zero-order valence-electron chi connectivity index (χ0n) is 10.5. The first-order chi connectivity index (χ1) is 8.15. The van der Waals surface area contributed by atoms with Crippen LogP contribution in [0.25, 0.3) is 0 Å². The van der Waals surface area contributed by atoms with Gasteiger partial charge in [-0.2, -0.15) is 0 Å². The van der Waals surface area contributed by atoms with Crippen molar-refractivity contribution in [2.24, 2.45) is 5.92 Å². The summed E-state index contributed by atoms with van der Waals surface area (Å²) < 4.78 is 0. The third kappa shape index (κ3) is 3.58. The highest BCUT2D eigenvalue weighted by molar-refractivity contribution is 6.30. The molecule has 1 aromatic rings. The Morgan fingerprint density at radius 2 is 2.35 bits per heavy atom. The van der Waals surface area contributed by atoms with E-state index in [9.17, 15) is 0 Å². The van der Waals surface area contributed by atoms with Crippen LogP contribution in [0.3, 0.4) is 0 Å². The number of nitrogens with one attached hydrogen (secondary N) is 1. The SMILES string of the molecule is CC(C)N1CCC(CNc2ccc(Cl)cn2)C1. The number of hydrogen-bond acceptors (Lipinski definition) is 3. The molecule has 1 N–H and O–H groups in total. The summed E-state index contributed by atoms with van der Waals surface area (Å²) in [4.78, 5) is 6.77. The maximum absolute atomic E-state index is 5.80. The van der Waals surface area contributed by atoms with Gasteiger partial charge in [-0.05, 0) is 44.9 Å². The zero-order chi connectivity index (χ0) is 12.3. The van der Waals surface area contributed by atoms with E-state index >= 15 is 0 Å². The largest absolute Gasteiger partial charge is 0.370 e. The number of nitrogens with zero attached hydrogens (tertiary/aromatic N) is 2. The van der Waals surface area contributed by atoms with Crippen molar-refractivity contribution in [2.45, 2.75) is 26.3 Å². The van der Waals surface area contributed by atoms with E-state index in [0.717, 1.165) is 18.3 Å².